The molecule has 4 heteroatoms. The number of fused-ring (bicyclic) bond motifs is 1. The van der Waals surface area contributed by atoms with Gasteiger partial charge in [-0.2, -0.15) is 0 Å². The lowest BCUT2D eigenvalue weighted by atomic mass is 10.1. The summed E-state index contributed by atoms with van der Waals surface area (Å²) in [5.41, 5.74) is 3.84. The van der Waals surface area contributed by atoms with E-state index in [1.165, 1.54) is 0 Å². The Balaban J connectivity index is 1.55. The van der Waals surface area contributed by atoms with Gasteiger partial charge in [-0.15, -0.1) is 0 Å². The Hall–Kier alpha value is -2.49. The zero-order chi connectivity index (χ0) is 16.7. The maximum Gasteiger partial charge on any atom is 0.255 e. The Morgan fingerprint density at radius 3 is 2.54 bits per heavy atom. The van der Waals surface area contributed by atoms with Crippen molar-refractivity contribution in [3.8, 4) is 11.5 Å². The third-order valence-electron chi connectivity index (χ3n) is 5.08. The molecular formula is C20H21NO3. The smallest absolute Gasteiger partial charge is 0.255 e. The van der Waals surface area contributed by atoms with Crippen LogP contribution in [0, 0.1) is 19.3 Å². The Morgan fingerprint density at radius 1 is 1.04 bits per heavy atom. The van der Waals surface area contributed by atoms with Crippen LogP contribution in [0.5, 0.6) is 11.5 Å². The van der Waals surface area contributed by atoms with Crippen LogP contribution < -0.4 is 14.8 Å². The van der Waals surface area contributed by atoms with Crippen LogP contribution in [-0.4, -0.2) is 19.1 Å². The monoisotopic (exact) mass is 323 g/mol. The van der Waals surface area contributed by atoms with Crippen molar-refractivity contribution in [1.29, 1.82) is 0 Å². The predicted molar refractivity (Wildman–Crippen MR) is 93.0 cm³/mol. The molecule has 1 N–H and O–H groups in total. The van der Waals surface area contributed by atoms with Crippen LogP contribution in [0.3, 0.4) is 0 Å². The van der Waals surface area contributed by atoms with E-state index in [-0.39, 0.29) is 11.3 Å². The zero-order valence-electron chi connectivity index (χ0n) is 14.0. The summed E-state index contributed by atoms with van der Waals surface area (Å²) in [6.07, 6.45) is 2.31. The van der Waals surface area contributed by atoms with Gasteiger partial charge in [0.1, 0.15) is 0 Å². The number of ether oxygens (including phenoxy) is 2. The van der Waals surface area contributed by atoms with Crippen LogP contribution in [-0.2, 0) is 0 Å². The Kier molecular flexibility index (Phi) is 3.48. The molecule has 24 heavy (non-hydrogen) atoms. The highest BCUT2D eigenvalue weighted by Gasteiger charge is 2.46. The van der Waals surface area contributed by atoms with Crippen molar-refractivity contribution in [2.75, 3.05) is 18.5 Å². The first-order valence-electron chi connectivity index (χ1n) is 8.34. The van der Waals surface area contributed by atoms with E-state index in [2.05, 4.69) is 5.32 Å². The average molecular weight is 323 g/mol. The van der Waals surface area contributed by atoms with Gasteiger partial charge in [0, 0.05) is 16.7 Å². The number of hydrogen-bond donors (Lipinski definition) is 1. The fourth-order valence-electron chi connectivity index (χ4n) is 2.93. The molecule has 0 saturated heterocycles. The molecule has 2 aromatic carbocycles. The molecule has 2 aliphatic rings. The van der Waals surface area contributed by atoms with Gasteiger partial charge in [-0.1, -0.05) is 12.1 Å². The van der Waals surface area contributed by atoms with Crippen LogP contribution in [0.4, 0.5) is 5.69 Å². The molecule has 1 saturated carbocycles. The van der Waals surface area contributed by atoms with Gasteiger partial charge in [0.25, 0.3) is 5.91 Å². The molecule has 4 nitrogen and oxygen atoms in total. The molecule has 1 heterocycles. The second kappa shape index (κ2) is 5.55. The molecule has 0 atom stereocenters. The highest BCUT2D eigenvalue weighted by molar-refractivity contribution is 6.05. The number of hydrogen-bond acceptors (Lipinski definition) is 3. The lowest BCUT2D eigenvalue weighted by Crippen LogP contribution is -2.17. The van der Waals surface area contributed by atoms with Crippen molar-refractivity contribution >= 4 is 11.6 Å². The molecule has 1 aliphatic heterocycles. The molecule has 1 amide bonds. The zero-order valence-corrected chi connectivity index (χ0v) is 14.0. The summed E-state index contributed by atoms with van der Waals surface area (Å²) in [7, 11) is 0. The van der Waals surface area contributed by atoms with E-state index in [0.29, 0.717) is 24.5 Å². The van der Waals surface area contributed by atoms with Crippen LogP contribution in [0.15, 0.2) is 36.4 Å². The van der Waals surface area contributed by atoms with Crippen molar-refractivity contribution in [3.05, 3.63) is 53.1 Å². The molecule has 0 unspecified atom stereocenters. The second-order valence-corrected chi connectivity index (χ2v) is 6.94. The largest absolute Gasteiger partial charge is 0.489 e. The van der Waals surface area contributed by atoms with Crippen molar-refractivity contribution in [1.82, 2.24) is 0 Å². The van der Waals surface area contributed by atoms with Crippen molar-refractivity contribution in [2.45, 2.75) is 26.7 Å². The topological polar surface area (TPSA) is 47.6 Å². The molecule has 1 aliphatic carbocycles. The number of benzene rings is 2. The fourth-order valence-corrected chi connectivity index (χ4v) is 2.93. The molecule has 2 aromatic rings. The van der Waals surface area contributed by atoms with E-state index in [9.17, 15) is 4.79 Å². The standard InChI is InChI=1S/C20H21NO3/c1-13-4-3-5-16(14(13)2)21-19(22)15-6-7-17-18(10-15)24-12-20(8-9-20)11-23-17/h3-7,10H,8-9,11-12H2,1-2H3,(H,21,22). The molecule has 124 valence electrons. The van der Waals surface area contributed by atoms with Crippen LogP contribution in [0.1, 0.15) is 34.3 Å². The summed E-state index contributed by atoms with van der Waals surface area (Å²) >= 11 is 0. The fraction of sp³-hybridized carbons (Fsp3) is 0.350. The highest BCUT2D eigenvalue weighted by atomic mass is 16.5. The van der Waals surface area contributed by atoms with Gasteiger partial charge in [0.15, 0.2) is 11.5 Å². The van der Waals surface area contributed by atoms with Gasteiger partial charge < -0.3 is 14.8 Å². The molecule has 0 radical (unpaired) electrons. The number of anilines is 1. The lowest BCUT2D eigenvalue weighted by Gasteiger charge is -2.12. The summed E-state index contributed by atoms with van der Waals surface area (Å²) in [6, 6.07) is 11.3. The minimum atomic E-state index is -0.138. The number of carbonyl (C=O) groups is 1. The van der Waals surface area contributed by atoms with E-state index >= 15 is 0 Å². The van der Waals surface area contributed by atoms with Crippen LogP contribution >= 0.6 is 0 Å². The summed E-state index contributed by atoms with van der Waals surface area (Å²) in [6.45, 7) is 5.41. The Bertz CT molecular complexity index is 809. The lowest BCUT2D eigenvalue weighted by molar-refractivity contribution is 0.102. The minimum Gasteiger partial charge on any atom is -0.489 e. The van der Waals surface area contributed by atoms with Crippen LogP contribution in [0.2, 0.25) is 0 Å². The first kappa shape index (κ1) is 15.1. The van der Waals surface area contributed by atoms with Crippen molar-refractivity contribution in [2.24, 2.45) is 5.41 Å². The van der Waals surface area contributed by atoms with E-state index in [1.807, 2.05) is 38.1 Å². The predicted octanol–water partition coefficient (Wildman–Crippen LogP) is 4.11. The number of amides is 1. The molecule has 1 fully saturated rings. The number of nitrogens with one attached hydrogen (secondary N) is 1. The van der Waals surface area contributed by atoms with E-state index in [4.69, 9.17) is 9.47 Å². The summed E-state index contributed by atoms with van der Waals surface area (Å²) in [5, 5.41) is 2.98. The molecule has 1 spiro atoms. The summed E-state index contributed by atoms with van der Waals surface area (Å²) < 4.78 is 11.8. The van der Waals surface area contributed by atoms with E-state index in [1.54, 1.807) is 12.1 Å². The quantitative estimate of drug-likeness (QED) is 0.905. The minimum absolute atomic E-state index is 0.138. The molecular weight excluding hydrogens is 302 g/mol. The maximum atomic E-state index is 12.6. The first-order chi connectivity index (χ1) is 11.6. The van der Waals surface area contributed by atoms with Gasteiger partial charge in [-0.05, 0) is 62.1 Å². The number of carbonyl (C=O) groups excluding carboxylic acids is 1. The van der Waals surface area contributed by atoms with Gasteiger partial charge in [0.2, 0.25) is 0 Å². The number of rotatable bonds is 2. The van der Waals surface area contributed by atoms with Gasteiger partial charge in [0.05, 0.1) is 13.2 Å². The molecule has 4 rings (SSSR count). The van der Waals surface area contributed by atoms with Crippen molar-refractivity contribution < 1.29 is 14.3 Å². The molecule has 0 aromatic heterocycles. The average Bonchev–Trinajstić information content (AvgIpc) is 3.38. The Labute approximate surface area is 141 Å². The third kappa shape index (κ3) is 2.73. The maximum absolute atomic E-state index is 12.6. The SMILES string of the molecule is Cc1cccc(NC(=O)c2ccc3c(c2)OCC2(CC2)CO3)c1C. The summed E-state index contributed by atoms with van der Waals surface area (Å²) in [5.74, 6) is 1.25. The van der Waals surface area contributed by atoms with Gasteiger partial charge in [-0.3, -0.25) is 4.79 Å². The second-order valence-electron chi connectivity index (χ2n) is 6.94. The number of aryl methyl sites for hydroxylation is 1. The normalized spacial score (nSPS) is 17.2. The third-order valence-corrected chi connectivity index (χ3v) is 5.08. The van der Waals surface area contributed by atoms with E-state index in [0.717, 1.165) is 35.4 Å². The highest BCUT2D eigenvalue weighted by Crippen LogP contribution is 2.49. The van der Waals surface area contributed by atoms with E-state index < -0.39 is 0 Å². The Morgan fingerprint density at radius 2 is 1.79 bits per heavy atom. The molecule has 0 bridgehead atoms. The van der Waals surface area contributed by atoms with Crippen LogP contribution in [0.25, 0.3) is 0 Å². The summed E-state index contributed by atoms with van der Waals surface area (Å²) in [4.78, 5) is 12.6. The van der Waals surface area contributed by atoms with Gasteiger partial charge >= 0.3 is 0 Å². The van der Waals surface area contributed by atoms with Crippen molar-refractivity contribution in [3.63, 3.8) is 0 Å². The van der Waals surface area contributed by atoms with Gasteiger partial charge in [-0.25, -0.2) is 0 Å². The first-order valence-corrected chi connectivity index (χ1v) is 8.34.